The maximum atomic E-state index is 11.1. The molecule has 0 saturated carbocycles. The van der Waals surface area contributed by atoms with Crippen molar-refractivity contribution in [2.75, 3.05) is 6.54 Å². The number of aromatic nitrogens is 1. The van der Waals surface area contributed by atoms with Crippen LogP contribution in [0.3, 0.4) is 0 Å². The lowest BCUT2D eigenvalue weighted by Crippen LogP contribution is -2.37. The quantitative estimate of drug-likeness (QED) is 0.869. The fourth-order valence-corrected chi connectivity index (χ4v) is 2.59. The van der Waals surface area contributed by atoms with Crippen LogP contribution < -0.4 is 10.9 Å². The summed E-state index contributed by atoms with van der Waals surface area (Å²) < 4.78 is 5.23. The normalized spacial score (nSPS) is 25.3. The zero-order chi connectivity index (χ0) is 13.2. The molecule has 1 aromatic rings. The molecular formula is C14H24N2O2. The summed E-state index contributed by atoms with van der Waals surface area (Å²) in [6.45, 7) is 7.84. The zero-order valence-corrected chi connectivity index (χ0v) is 11.6. The van der Waals surface area contributed by atoms with Gasteiger partial charge in [-0.1, -0.05) is 20.8 Å². The maximum absolute atomic E-state index is 11.1. The average Bonchev–Trinajstić information content (AvgIpc) is 2.73. The minimum Gasteiger partial charge on any atom is -0.383 e. The first-order valence-corrected chi connectivity index (χ1v) is 6.86. The average molecular weight is 252 g/mol. The number of hydrogen-bond donors (Lipinski definition) is 2. The van der Waals surface area contributed by atoms with Crippen LogP contribution in [0.4, 0.5) is 0 Å². The molecular weight excluding hydrogens is 228 g/mol. The smallest absolute Gasteiger partial charge is 0.280 e. The molecule has 0 radical (unpaired) electrons. The van der Waals surface area contributed by atoms with Crippen LogP contribution >= 0.6 is 0 Å². The van der Waals surface area contributed by atoms with Gasteiger partial charge in [-0.3, -0.25) is 4.79 Å². The third-order valence-corrected chi connectivity index (χ3v) is 3.68. The Morgan fingerprint density at radius 2 is 2.22 bits per heavy atom. The summed E-state index contributed by atoms with van der Waals surface area (Å²) in [5.41, 5.74) is 0.254. The van der Waals surface area contributed by atoms with Gasteiger partial charge in [0.05, 0.1) is 0 Å². The Hall–Kier alpha value is -1.03. The van der Waals surface area contributed by atoms with Gasteiger partial charge < -0.3 is 9.84 Å². The van der Waals surface area contributed by atoms with Crippen molar-refractivity contribution >= 4 is 0 Å². The van der Waals surface area contributed by atoms with Crippen LogP contribution in [0.5, 0.6) is 0 Å². The summed E-state index contributed by atoms with van der Waals surface area (Å²) in [5, 5.41) is 5.95. The Balaban J connectivity index is 1.90. The molecule has 0 amide bonds. The lowest BCUT2D eigenvalue weighted by Gasteiger charge is -2.31. The molecule has 4 nitrogen and oxygen atoms in total. The zero-order valence-electron chi connectivity index (χ0n) is 11.6. The topological polar surface area (TPSA) is 58.0 Å². The molecule has 4 heteroatoms. The highest BCUT2D eigenvalue weighted by molar-refractivity contribution is 5.04. The number of hydrogen-bond acceptors (Lipinski definition) is 3. The van der Waals surface area contributed by atoms with Gasteiger partial charge in [-0.2, -0.15) is 5.16 Å². The molecule has 0 bridgehead atoms. The van der Waals surface area contributed by atoms with Gasteiger partial charge in [-0.25, -0.2) is 0 Å². The van der Waals surface area contributed by atoms with Gasteiger partial charge in [0, 0.05) is 18.0 Å². The maximum Gasteiger partial charge on any atom is 0.280 e. The molecule has 2 rings (SSSR count). The molecule has 0 unspecified atom stereocenters. The summed E-state index contributed by atoms with van der Waals surface area (Å²) >= 11 is 0. The van der Waals surface area contributed by atoms with Crippen molar-refractivity contribution < 1.29 is 4.52 Å². The highest BCUT2D eigenvalue weighted by Gasteiger charge is 2.26. The van der Waals surface area contributed by atoms with Crippen molar-refractivity contribution in [1.82, 2.24) is 10.5 Å². The first kappa shape index (κ1) is 13.4. The molecule has 1 saturated heterocycles. The molecule has 1 fully saturated rings. The van der Waals surface area contributed by atoms with Crippen LogP contribution in [0.2, 0.25) is 0 Å². The van der Waals surface area contributed by atoms with Crippen LogP contribution in [0.1, 0.15) is 58.1 Å². The van der Waals surface area contributed by atoms with E-state index in [0.717, 1.165) is 25.1 Å². The third-order valence-electron chi connectivity index (χ3n) is 3.68. The van der Waals surface area contributed by atoms with Crippen molar-refractivity contribution in [1.29, 1.82) is 0 Å². The number of rotatable bonds is 3. The molecule has 102 valence electrons. The van der Waals surface area contributed by atoms with E-state index in [-0.39, 0.29) is 5.56 Å². The Morgan fingerprint density at radius 3 is 2.83 bits per heavy atom. The summed E-state index contributed by atoms with van der Waals surface area (Å²) in [6.07, 6.45) is 4.52. The molecule has 0 spiro atoms. The lowest BCUT2D eigenvalue weighted by molar-refractivity contribution is 0.262. The molecule has 1 aromatic heterocycles. The molecule has 18 heavy (non-hydrogen) atoms. The molecule has 2 atom stereocenters. The van der Waals surface area contributed by atoms with Crippen LogP contribution in [-0.2, 0) is 0 Å². The van der Waals surface area contributed by atoms with Gasteiger partial charge in [0.25, 0.3) is 5.56 Å². The summed E-state index contributed by atoms with van der Waals surface area (Å²) in [5.74, 6) is 1.21. The van der Waals surface area contributed by atoms with Crippen molar-refractivity contribution in [2.45, 2.75) is 58.4 Å². The summed E-state index contributed by atoms with van der Waals surface area (Å²) in [4.78, 5) is 11.1. The SMILES string of the molecule is CC(C)(C)CC[C@@H]1C[C@@H](c2cc(=O)[nH]o2)CCN1. The first-order valence-electron chi connectivity index (χ1n) is 6.86. The first-order chi connectivity index (χ1) is 8.44. The minimum atomic E-state index is -0.130. The molecule has 2 N–H and O–H groups in total. The molecule has 1 aliphatic heterocycles. The second-order valence-electron chi connectivity index (χ2n) is 6.59. The minimum absolute atomic E-state index is 0.130. The summed E-state index contributed by atoms with van der Waals surface area (Å²) in [7, 11) is 0. The second-order valence-corrected chi connectivity index (χ2v) is 6.59. The molecule has 0 aliphatic carbocycles. The van der Waals surface area contributed by atoms with Gasteiger partial charge in [-0.15, -0.1) is 0 Å². The Morgan fingerprint density at radius 1 is 1.44 bits per heavy atom. The number of nitrogens with one attached hydrogen (secondary N) is 2. The number of piperidine rings is 1. The van der Waals surface area contributed by atoms with Crippen LogP contribution in [-0.4, -0.2) is 17.7 Å². The molecule has 1 aliphatic rings. The van der Waals surface area contributed by atoms with E-state index in [1.54, 1.807) is 6.07 Å². The highest BCUT2D eigenvalue weighted by Crippen LogP contribution is 2.30. The third kappa shape index (κ3) is 3.73. The Bertz CT molecular complexity index is 427. The Kier molecular flexibility index (Phi) is 3.95. The largest absolute Gasteiger partial charge is 0.383 e. The van der Waals surface area contributed by atoms with Crippen LogP contribution in [0.15, 0.2) is 15.4 Å². The second kappa shape index (κ2) is 5.31. The van der Waals surface area contributed by atoms with Gasteiger partial charge in [0.15, 0.2) is 0 Å². The summed E-state index contributed by atoms with van der Waals surface area (Å²) in [6, 6.07) is 2.14. The van der Waals surface area contributed by atoms with E-state index in [2.05, 4.69) is 31.2 Å². The van der Waals surface area contributed by atoms with Gasteiger partial charge in [0.1, 0.15) is 5.76 Å². The van der Waals surface area contributed by atoms with E-state index >= 15 is 0 Å². The van der Waals surface area contributed by atoms with Crippen LogP contribution in [0.25, 0.3) is 0 Å². The van der Waals surface area contributed by atoms with E-state index in [1.807, 2.05) is 0 Å². The lowest BCUT2D eigenvalue weighted by atomic mass is 9.83. The van der Waals surface area contributed by atoms with Gasteiger partial charge in [-0.05, 0) is 37.6 Å². The fourth-order valence-electron chi connectivity index (χ4n) is 2.59. The van der Waals surface area contributed by atoms with Gasteiger partial charge >= 0.3 is 0 Å². The van der Waals surface area contributed by atoms with Crippen molar-refractivity contribution in [3.8, 4) is 0 Å². The van der Waals surface area contributed by atoms with E-state index in [4.69, 9.17) is 4.52 Å². The number of aromatic amines is 1. The van der Waals surface area contributed by atoms with Crippen LogP contribution in [0, 0.1) is 5.41 Å². The van der Waals surface area contributed by atoms with Crippen molar-refractivity contribution in [3.05, 3.63) is 22.2 Å². The standard InChI is InChI=1S/C14H24N2O2/c1-14(2,3)6-4-11-8-10(5-7-15-11)12-9-13(17)16-18-12/h9-11,15H,4-8H2,1-3H3,(H,16,17)/t10-,11+/m0/s1. The predicted molar refractivity (Wildman–Crippen MR) is 71.8 cm³/mol. The highest BCUT2D eigenvalue weighted by atomic mass is 16.5. The Labute approximate surface area is 108 Å². The monoisotopic (exact) mass is 252 g/mol. The van der Waals surface area contributed by atoms with Crippen molar-refractivity contribution in [3.63, 3.8) is 0 Å². The van der Waals surface area contributed by atoms with Gasteiger partial charge in [0.2, 0.25) is 0 Å². The van der Waals surface area contributed by atoms with Crippen molar-refractivity contribution in [2.24, 2.45) is 5.41 Å². The predicted octanol–water partition coefficient (Wildman–Crippen LogP) is 2.63. The van der Waals surface area contributed by atoms with E-state index in [9.17, 15) is 4.79 Å². The van der Waals surface area contributed by atoms with E-state index in [1.165, 1.54) is 12.8 Å². The number of H-pyrrole nitrogens is 1. The molecule has 2 heterocycles. The fraction of sp³-hybridized carbons (Fsp3) is 0.786. The molecule has 0 aromatic carbocycles. The van der Waals surface area contributed by atoms with E-state index in [0.29, 0.717) is 17.4 Å². The van der Waals surface area contributed by atoms with E-state index < -0.39 is 0 Å².